The molecule has 0 bridgehead atoms. The summed E-state index contributed by atoms with van der Waals surface area (Å²) in [5.41, 5.74) is 6.02. The van der Waals surface area contributed by atoms with Crippen molar-refractivity contribution in [2.24, 2.45) is 5.73 Å². The Hall–Kier alpha value is -1.68. The number of aromatic nitrogens is 1. The molecule has 0 saturated heterocycles. The van der Waals surface area contributed by atoms with E-state index in [4.69, 9.17) is 10.2 Å². The topological polar surface area (TPSA) is 52.0 Å². The molecule has 0 aliphatic rings. The first-order chi connectivity index (χ1) is 7.29. The number of nitrogens with zero attached hydrogens (tertiary/aromatic N) is 1. The molecule has 4 heteroatoms. The summed E-state index contributed by atoms with van der Waals surface area (Å²) in [5.74, 6) is 0.848. The highest BCUT2D eigenvalue weighted by atomic mass is 19.1. The third-order valence-corrected chi connectivity index (χ3v) is 2.02. The molecule has 0 aliphatic carbocycles. The van der Waals surface area contributed by atoms with E-state index in [0.29, 0.717) is 24.4 Å². The molecule has 1 heterocycles. The molecule has 78 valence electrons. The smallest absolute Gasteiger partial charge is 0.226 e. The van der Waals surface area contributed by atoms with Gasteiger partial charge in [-0.05, 0) is 24.7 Å². The molecule has 0 spiro atoms. The summed E-state index contributed by atoms with van der Waals surface area (Å²) in [6, 6.07) is 6.14. The van der Waals surface area contributed by atoms with E-state index in [2.05, 4.69) is 4.98 Å². The van der Waals surface area contributed by atoms with Crippen LogP contribution in [0.2, 0.25) is 0 Å². The van der Waals surface area contributed by atoms with Crippen LogP contribution in [-0.2, 0) is 6.42 Å². The van der Waals surface area contributed by atoms with Crippen molar-refractivity contribution < 1.29 is 8.81 Å². The van der Waals surface area contributed by atoms with Crippen molar-refractivity contribution in [3.05, 3.63) is 42.0 Å². The Morgan fingerprint density at radius 2 is 2.27 bits per heavy atom. The first-order valence-electron chi connectivity index (χ1n) is 4.70. The Balaban J connectivity index is 2.29. The summed E-state index contributed by atoms with van der Waals surface area (Å²) in [5, 5.41) is 0. The minimum Gasteiger partial charge on any atom is -0.441 e. The predicted molar refractivity (Wildman–Crippen MR) is 54.7 cm³/mol. The van der Waals surface area contributed by atoms with Crippen LogP contribution in [0.1, 0.15) is 5.76 Å². The number of oxazole rings is 1. The minimum absolute atomic E-state index is 0.300. The molecule has 0 unspecified atom stereocenters. The summed E-state index contributed by atoms with van der Waals surface area (Å²) in [7, 11) is 0. The molecule has 3 nitrogen and oxygen atoms in total. The van der Waals surface area contributed by atoms with Crippen molar-refractivity contribution in [1.29, 1.82) is 0 Å². The Bertz CT molecular complexity index is 453. The second-order valence-corrected chi connectivity index (χ2v) is 3.18. The number of nitrogens with two attached hydrogens (primary N) is 1. The molecular weight excluding hydrogens is 195 g/mol. The van der Waals surface area contributed by atoms with Crippen molar-refractivity contribution in [2.75, 3.05) is 6.54 Å². The fourth-order valence-electron chi connectivity index (χ4n) is 1.32. The zero-order valence-electron chi connectivity index (χ0n) is 8.11. The summed E-state index contributed by atoms with van der Waals surface area (Å²) < 4.78 is 18.3. The normalized spacial score (nSPS) is 10.5. The average molecular weight is 206 g/mol. The molecule has 2 N–H and O–H groups in total. The van der Waals surface area contributed by atoms with E-state index in [1.807, 2.05) is 0 Å². The first-order valence-corrected chi connectivity index (χ1v) is 4.70. The lowest BCUT2D eigenvalue weighted by molar-refractivity contribution is 0.518. The van der Waals surface area contributed by atoms with Gasteiger partial charge in [0.2, 0.25) is 5.89 Å². The lowest BCUT2D eigenvalue weighted by Gasteiger charge is -1.95. The van der Waals surface area contributed by atoms with Crippen molar-refractivity contribution in [1.82, 2.24) is 4.98 Å². The van der Waals surface area contributed by atoms with Crippen molar-refractivity contribution >= 4 is 0 Å². The van der Waals surface area contributed by atoms with Crippen molar-refractivity contribution in [2.45, 2.75) is 6.42 Å². The van der Waals surface area contributed by atoms with Gasteiger partial charge in [-0.25, -0.2) is 9.37 Å². The third kappa shape index (κ3) is 2.22. The Labute approximate surface area is 86.7 Å². The zero-order chi connectivity index (χ0) is 10.7. The molecule has 0 aliphatic heterocycles. The number of halogens is 1. The highest BCUT2D eigenvalue weighted by Gasteiger charge is 2.06. The van der Waals surface area contributed by atoms with Crippen LogP contribution in [-0.4, -0.2) is 11.5 Å². The second kappa shape index (κ2) is 4.23. The standard InChI is InChI=1S/C11H11FN2O/c12-9-3-1-2-8(6-9)11-14-7-10(15-11)4-5-13/h1-3,6-7H,4-5,13H2. The van der Waals surface area contributed by atoms with Gasteiger partial charge in [-0.1, -0.05) is 6.07 Å². The fraction of sp³-hybridized carbons (Fsp3) is 0.182. The summed E-state index contributed by atoms with van der Waals surface area (Å²) >= 11 is 0. The highest BCUT2D eigenvalue weighted by Crippen LogP contribution is 2.19. The molecule has 15 heavy (non-hydrogen) atoms. The van der Waals surface area contributed by atoms with E-state index in [1.165, 1.54) is 12.1 Å². The van der Waals surface area contributed by atoms with Crippen LogP contribution in [0.3, 0.4) is 0 Å². The van der Waals surface area contributed by atoms with Gasteiger partial charge in [0.1, 0.15) is 11.6 Å². The largest absolute Gasteiger partial charge is 0.441 e. The summed E-state index contributed by atoms with van der Waals surface area (Å²) in [6.45, 7) is 0.512. The maximum Gasteiger partial charge on any atom is 0.226 e. The SMILES string of the molecule is NCCc1cnc(-c2cccc(F)c2)o1. The lowest BCUT2D eigenvalue weighted by Crippen LogP contribution is -2.01. The van der Waals surface area contributed by atoms with Crippen LogP contribution in [0, 0.1) is 5.82 Å². The van der Waals surface area contributed by atoms with Gasteiger partial charge in [0, 0.05) is 12.0 Å². The molecule has 0 atom stereocenters. The monoisotopic (exact) mass is 206 g/mol. The van der Waals surface area contributed by atoms with Crippen LogP contribution in [0.25, 0.3) is 11.5 Å². The van der Waals surface area contributed by atoms with Crippen LogP contribution >= 0.6 is 0 Å². The van der Waals surface area contributed by atoms with Gasteiger partial charge < -0.3 is 10.2 Å². The van der Waals surface area contributed by atoms with Crippen molar-refractivity contribution in [3.63, 3.8) is 0 Å². The Kier molecular flexibility index (Phi) is 2.78. The van der Waals surface area contributed by atoms with Crippen LogP contribution < -0.4 is 5.73 Å². The van der Waals surface area contributed by atoms with Crippen LogP contribution in [0.15, 0.2) is 34.9 Å². The van der Waals surface area contributed by atoms with E-state index in [1.54, 1.807) is 18.3 Å². The number of rotatable bonds is 3. The minimum atomic E-state index is -0.300. The van der Waals surface area contributed by atoms with E-state index in [-0.39, 0.29) is 5.82 Å². The predicted octanol–water partition coefficient (Wildman–Crippen LogP) is 1.98. The van der Waals surface area contributed by atoms with Crippen molar-refractivity contribution in [3.8, 4) is 11.5 Å². The molecule has 1 aromatic heterocycles. The zero-order valence-corrected chi connectivity index (χ0v) is 8.11. The van der Waals surface area contributed by atoms with Crippen LogP contribution in [0.5, 0.6) is 0 Å². The first kappa shape index (κ1) is 9.86. The maximum atomic E-state index is 12.9. The molecule has 1 aromatic carbocycles. The van der Waals surface area contributed by atoms with Gasteiger partial charge in [-0.2, -0.15) is 0 Å². The number of hydrogen-bond donors (Lipinski definition) is 1. The molecule has 2 aromatic rings. The number of benzene rings is 1. The molecular formula is C11H11FN2O. The highest BCUT2D eigenvalue weighted by molar-refractivity contribution is 5.52. The van der Waals surface area contributed by atoms with E-state index >= 15 is 0 Å². The Morgan fingerprint density at radius 3 is 3.00 bits per heavy atom. The summed E-state index contributed by atoms with van der Waals surface area (Å²) in [4.78, 5) is 4.06. The van der Waals surface area contributed by atoms with Crippen LogP contribution in [0.4, 0.5) is 4.39 Å². The second-order valence-electron chi connectivity index (χ2n) is 3.18. The van der Waals surface area contributed by atoms with Gasteiger partial charge in [0.15, 0.2) is 0 Å². The van der Waals surface area contributed by atoms with E-state index in [0.717, 1.165) is 5.76 Å². The van der Waals surface area contributed by atoms with E-state index in [9.17, 15) is 4.39 Å². The fourth-order valence-corrected chi connectivity index (χ4v) is 1.32. The summed E-state index contributed by atoms with van der Waals surface area (Å²) in [6.07, 6.45) is 2.26. The van der Waals surface area contributed by atoms with E-state index < -0.39 is 0 Å². The average Bonchev–Trinajstić information content (AvgIpc) is 2.67. The maximum absolute atomic E-state index is 12.9. The van der Waals surface area contributed by atoms with Gasteiger partial charge in [-0.15, -0.1) is 0 Å². The molecule has 0 fully saturated rings. The molecule has 0 saturated carbocycles. The number of hydrogen-bond acceptors (Lipinski definition) is 3. The third-order valence-electron chi connectivity index (χ3n) is 2.02. The molecule has 2 rings (SSSR count). The van der Waals surface area contributed by atoms with Gasteiger partial charge >= 0.3 is 0 Å². The van der Waals surface area contributed by atoms with Gasteiger partial charge in [-0.3, -0.25) is 0 Å². The Morgan fingerprint density at radius 1 is 1.40 bits per heavy atom. The molecule has 0 amide bonds. The van der Waals surface area contributed by atoms with Gasteiger partial charge in [0.05, 0.1) is 6.20 Å². The van der Waals surface area contributed by atoms with Gasteiger partial charge in [0.25, 0.3) is 0 Å². The molecule has 0 radical (unpaired) electrons. The lowest BCUT2D eigenvalue weighted by atomic mass is 10.2. The quantitative estimate of drug-likeness (QED) is 0.835.